The Balaban J connectivity index is 2.24. The summed E-state index contributed by atoms with van der Waals surface area (Å²) in [4.78, 5) is 4.03. The van der Waals surface area contributed by atoms with E-state index in [0.29, 0.717) is 5.56 Å². The lowest BCUT2D eigenvalue weighted by atomic mass is 10.1. The molecular weight excluding hydrogens is 275 g/mol. The Morgan fingerprint density at radius 2 is 1.95 bits per heavy atom. The number of rotatable bonds is 4. The van der Waals surface area contributed by atoms with Gasteiger partial charge in [-0.15, -0.1) is 0 Å². The molecule has 0 aliphatic rings. The van der Waals surface area contributed by atoms with E-state index in [2.05, 4.69) is 15.5 Å². The molecule has 8 heteroatoms. The van der Waals surface area contributed by atoms with E-state index in [4.69, 9.17) is 9.63 Å². The third kappa shape index (κ3) is 2.97. The van der Waals surface area contributed by atoms with Crippen molar-refractivity contribution >= 4 is 0 Å². The molecular formula is C12H12F3N3O2. The van der Waals surface area contributed by atoms with Gasteiger partial charge in [-0.25, -0.2) is 0 Å². The van der Waals surface area contributed by atoms with Crippen LogP contribution in [-0.2, 0) is 6.18 Å². The highest BCUT2D eigenvalue weighted by Crippen LogP contribution is 2.30. The summed E-state index contributed by atoms with van der Waals surface area (Å²) >= 11 is 0. The van der Waals surface area contributed by atoms with Gasteiger partial charge in [-0.3, -0.25) is 0 Å². The number of nitrogens with one attached hydrogen (secondary N) is 1. The van der Waals surface area contributed by atoms with Crippen molar-refractivity contribution in [3.63, 3.8) is 0 Å². The summed E-state index contributed by atoms with van der Waals surface area (Å²) in [6.07, 6.45) is -4.38. The third-order valence-corrected chi connectivity index (χ3v) is 2.74. The topological polar surface area (TPSA) is 71.2 Å². The van der Waals surface area contributed by atoms with Crippen LogP contribution in [0.1, 0.15) is 17.5 Å². The van der Waals surface area contributed by atoms with Crippen LogP contribution in [0.4, 0.5) is 13.2 Å². The van der Waals surface area contributed by atoms with Crippen LogP contribution in [0.2, 0.25) is 0 Å². The molecule has 1 aromatic carbocycles. The summed E-state index contributed by atoms with van der Waals surface area (Å²) in [5.41, 5.74) is -0.339. The number of aromatic nitrogens is 2. The number of nitrogens with zero attached hydrogens (tertiary/aromatic N) is 2. The van der Waals surface area contributed by atoms with Crippen LogP contribution in [0.25, 0.3) is 11.4 Å². The Bertz CT molecular complexity index is 562. The number of aliphatic hydroxyl groups is 1. The standard InChI is InChI=1S/C12H12F3N3O2/c1-16-9(6-19)11-17-10(18-20-11)7-2-4-8(5-3-7)12(13,14)15/h2-5,9,16,19H,6H2,1H3/t9-/m1/s1. The molecule has 0 bridgehead atoms. The lowest BCUT2D eigenvalue weighted by Gasteiger charge is -2.06. The smallest absolute Gasteiger partial charge is 0.394 e. The first-order valence-corrected chi connectivity index (χ1v) is 5.75. The molecule has 2 rings (SSSR count). The summed E-state index contributed by atoms with van der Waals surface area (Å²) < 4.78 is 42.3. The summed E-state index contributed by atoms with van der Waals surface area (Å²) in [7, 11) is 1.61. The monoisotopic (exact) mass is 287 g/mol. The molecule has 0 amide bonds. The number of likely N-dealkylation sites (N-methyl/N-ethyl adjacent to an activating group) is 1. The van der Waals surface area contributed by atoms with Crippen molar-refractivity contribution in [3.05, 3.63) is 35.7 Å². The SMILES string of the molecule is CN[C@H](CO)c1nc(-c2ccc(C(F)(F)F)cc2)no1. The van der Waals surface area contributed by atoms with Gasteiger partial charge in [0, 0.05) is 5.56 Å². The highest BCUT2D eigenvalue weighted by molar-refractivity contribution is 5.54. The quantitative estimate of drug-likeness (QED) is 0.900. The Labute approximate surface area is 112 Å². The van der Waals surface area contributed by atoms with Crippen molar-refractivity contribution < 1.29 is 22.8 Å². The van der Waals surface area contributed by atoms with Crippen LogP contribution < -0.4 is 5.32 Å². The maximum Gasteiger partial charge on any atom is 0.416 e. The summed E-state index contributed by atoms with van der Waals surface area (Å²) in [6.45, 7) is -0.231. The fourth-order valence-corrected chi connectivity index (χ4v) is 1.60. The van der Waals surface area contributed by atoms with E-state index in [0.717, 1.165) is 12.1 Å². The normalized spacial score (nSPS) is 13.4. The fourth-order valence-electron chi connectivity index (χ4n) is 1.60. The number of aliphatic hydroxyl groups excluding tert-OH is 1. The van der Waals surface area contributed by atoms with E-state index in [1.165, 1.54) is 12.1 Å². The van der Waals surface area contributed by atoms with E-state index in [-0.39, 0.29) is 18.3 Å². The highest BCUT2D eigenvalue weighted by Gasteiger charge is 2.30. The molecule has 1 heterocycles. The van der Waals surface area contributed by atoms with Crippen molar-refractivity contribution in [3.8, 4) is 11.4 Å². The zero-order chi connectivity index (χ0) is 14.8. The van der Waals surface area contributed by atoms with Crippen LogP contribution in [0.5, 0.6) is 0 Å². The molecule has 2 N–H and O–H groups in total. The molecule has 1 aromatic heterocycles. The average molecular weight is 287 g/mol. The molecule has 20 heavy (non-hydrogen) atoms. The van der Waals surface area contributed by atoms with Gasteiger partial charge in [0.2, 0.25) is 11.7 Å². The second-order valence-corrected chi connectivity index (χ2v) is 4.06. The van der Waals surface area contributed by atoms with Crippen LogP contribution in [0, 0.1) is 0 Å². The van der Waals surface area contributed by atoms with Gasteiger partial charge in [0.15, 0.2) is 0 Å². The second kappa shape index (κ2) is 5.59. The van der Waals surface area contributed by atoms with Crippen molar-refractivity contribution in [2.45, 2.75) is 12.2 Å². The Hall–Kier alpha value is -1.93. The minimum absolute atomic E-state index is 0.169. The fraction of sp³-hybridized carbons (Fsp3) is 0.333. The zero-order valence-electron chi connectivity index (χ0n) is 10.5. The van der Waals surface area contributed by atoms with E-state index < -0.39 is 17.8 Å². The third-order valence-electron chi connectivity index (χ3n) is 2.74. The highest BCUT2D eigenvalue weighted by atomic mass is 19.4. The molecule has 0 aliphatic heterocycles. The van der Waals surface area contributed by atoms with Gasteiger partial charge < -0.3 is 14.9 Å². The zero-order valence-corrected chi connectivity index (χ0v) is 10.5. The summed E-state index contributed by atoms with van der Waals surface area (Å²) in [6, 6.07) is 3.93. The molecule has 0 saturated carbocycles. The maximum absolute atomic E-state index is 12.4. The minimum atomic E-state index is -4.38. The lowest BCUT2D eigenvalue weighted by molar-refractivity contribution is -0.137. The van der Waals surface area contributed by atoms with Gasteiger partial charge in [-0.1, -0.05) is 17.3 Å². The molecule has 2 aromatic rings. The lowest BCUT2D eigenvalue weighted by Crippen LogP contribution is -2.20. The van der Waals surface area contributed by atoms with E-state index in [9.17, 15) is 13.2 Å². The molecule has 0 fully saturated rings. The first kappa shape index (κ1) is 14.5. The molecule has 5 nitrogen and oxygen atoms in total. The van der Waals surface area contributed by atoms with Crippen molar-refractivity contribution in [2.24, 2.45) is 0 Å². The van der Waals surface area contributed by atoms with Gasteiger partial charge in [0.25, 0.3) is 0 Å². The van der Waals surface area contributed by atoms with Gasteiger partial charge in [0.1, 0.15) is 6.04 Å². The molecule has 0 saturated heterocycles. The van der Waals surface area contributed by atoms with Gasteiger partial charge in [0.05, 0.1) is 12.2 Å². The van der Waals surface area contributed by atoms with Gasteiger partial charge in [-0.2, -0.15) is 18.2 Å². The summed E-state index contributed by atoms with van der Waals surface area (Å²) in [5.74, 6) is 0.340. The van der Waals surface area contributed by atoms with E-state index in [1.54, 1.807) is 7.05 Å². The molecule has 0 radical (unpaired) electrons. The second-order valence-electron chi connectivity index (χ2n) is 4.06. The number of halogens is 3. The predicted molar refractivity (Wildman–Crippen MR) is 63.6 cm³/mol. The van der Waals surface area contributed by atoms with Crippen LogP contribution >= 0.6 is 0 Å². The Morgan fingerprint density at radius 3 is 2.45 bits per heavy atom. The number of hydrogen-bond donors (Lipinski definition) is 2. The summed E-state index contributed by atoms with van der Waals surface area (Å²) in [5, 5.41) is 15.5. The number of hydrogen-bond acceptors (Lipinski definition) is 5. The molecule has 108 valence electrons. The van der Waals surface area contributed by atoms with Crippen LogP contribution in [-0.4, -0.2) is 28.9 Å². The molecule has 0 unspecified atom stereocenters. The predicted octanol–water partition coefficient (Wildman–Crippen LogP) is 2.01. The van der Waals surface area contributed by atoms with E-state index >= 15 is 0 Å². The van der Waals surface area contributed by atoms with Crippen LogP contribution in [0.3, 0.4) is 0 Å². The average Bonchev–Trinajstić information content (AvgIpc) is 2.89. The number of alkyl halides is 3. The first-order valence-electron chi connectivity index (χ1n) is 5.75. The van der Waals surface area contributed by atoms with Crippen molar-refractivity contribution in [2.75, 3.05) is 13.7 Å². The van der Waals surface area contributed by atoms with E-state index in [1.807, 2.05) is 0 Å². The van der Waals surface area contributed by atoms with Crippen LogP contribution in [0.15, 0.2) is 28.8 Å². The molecule has 0 spiro atoms. The Kier molecular flexibility index (Phi) is 4.05. The number of benzene rings is 1. The first-order chi connectivity index (χ1) is 9.45. The van der Waals surface area contributed by atoms with Crippen molar-refractivity contribution in [1.29, 1.82) is 0 Å². The van der Waals surface area contributed by atoms with Gasteiger partial charge in [-0.05, 0) is 19.2 Å². The molecule has 0 aliphatic carbocycles. The minimum Gasteiger partial charge on any atom is -0.394 e. The van der Waals surface area contributed by atoms with Crippen molar-refractivity contribution in [1.82, 2.24) is 15.5 Å². The molecule has 1 atom stereocenters. The van der Waals surface area contributed by atoms with Gasteiger partial charge >= 0.3 is 6.18 Å². The Morgan fingerprint density at radius 1 is 1.30 bits per heavy atom. The maximum atomic E-state index is 12.4. The largest absolute Gasteiger partial charge is 0.416 e.